The van der Waals surface area contributed by atoms with E-state index in [9.17, 15) is 4.79 Å². The Morgan fingerprint density at radius 1 is 1.08 bits per heavy atom. The van der Waals surface area contributed by atoms with E-state index in [-0.39, 0.29) is 18.0 Å². The molecule has 2 aliphatic rings. The molecule has 3 aromatic rings. The van der Waals surface area contributed by atoms with Crippen molar-refractivity contribution in [3.8, 4) is 0 Å². The van der Waals surface area contributed by atoms with Crippen molar-refractivity contribution in [3.63, 3.8) is 0 Å². The van der Waals surface area contributed by atoms with Crippen molar-refractivity contribution in [2.45, 2.75) is 77.4 Å². The number of rotatable bonds is 7. The van der Waals surface area contributed by atoms with Gasteiger partial charge in [-0.25, -0.2) is 0 Å². The molecule has 3 heterocycles. The third-order valence-corrected chi connectivity index (χ3v) is 8.33. The number of amides is 1. The van der Waals surface area contributed by atoms with Crippen LogP contribution in [0.25, 0.3) is 0 Å². The zero-order valence-electron chi connectivity index (χ0n) is 22.0. The number of hydrogen-bond donors (Lipinski definition) is 2. The minimum Gasteiger partial charge on any atom is -0.352 e. The van der Waals surface area contributed by atoms with E-state index in [2.05, 4.69) is 51.1 Å². The van der Waals surface area contributed by atoms with Gasteiger partial charge in [0.25, 0.3) is 0 Å². The lowest BCUT2D eigenvalue weighted by Gasteiger charge is -2.29. The van der Waals surface area contributed by atoms with Gasteiger partial charge in [0.15, 0.2) is 5.11 Å². The highest BCUT2D eigenvalue weighted by Gasteiger charge is 2.41. The van der Waals surface area contributed by atoms with Crippen LogP contribution in [0.1, 0.15) is 84.9 Å². The molecule has 2 N–H and O–H groups in total. The van der Waals surface area contributed by atoms with Crippen molar-refractivity contribution >= 4 is 28.9 Å². The van der Waals surface area contributed by atoms with Crippen LogP contribution in [0.15, 0.2) is 54.7 Å². The monoisotopic (exact) mass is 515 g/mol. The maximum absolute atomic E-state index is 12.9. The lowest BCUT2D eigenvalue weighted by molar-refractivity contribution is -0.116. The van der Waals surface area contributed by atoms with Gasteiger partial charge in [-0.05, 0) is 81.2 Å². The van der Waals surface area contributed by atoms with E-state index in [0.29, 0.717) is 24.1 Å². The fourth-order valence-corrected chi connectivity index (χ4v) is 6.47. The first-order valence-corrected chi connectivity index (χ1v) is 13.9. The van der Waals surface area contributed by atoms with Crippen molar-refractivity contribution in [1.29, 1.82) is 0 Å². The van der Waals surface area contributed by atoms with Gasteiger partial charge in [-0.15, -0.1) is 0 Å². The number of carbonyl (C=O) groups is 1. The number of benzene rings is 1. The van der Waals surface area contributed by atoms with Gasteiger partial charge in [0.1, 0.15) is 0 Å². The van der Waals surface area contributed by atoms with Crippen molar-refractivity contribution in [1.82, 2.24) is 19.8 Å². The summed E-state index contributed by atoms with van der Waals surface area (Å²) in [5.41, 5.74) is 6.74. The zero-order chi connectivity index (χ0) is 25.9. The Hall–Kier alpha value is -3.19. The van der Waals surface area contributed by atoms with Gasteiger partial charge in [-0.3, -0.25) is 9.78 Å². The van der Waals surface area contributed by atoms with E-state index in [1.807, 2.05) is 49.5 Å². The van der Waals surface area contributed by atoms with Gasteiger partial charge >= 0.3 is 0 Å². The zero-order valence-corrected chi connectivity index (χ0v) is 22.9. The number of nitrogens with one attached hydrogen (secondary N) is 2. The number of pyridine rings is 1. The number of aryl methyl sites for hydroxylation is 2. The molecule has 1 aromatic carbocycles. The average molecular weight is 516 g/mol. The maximum Gasteiger partial charge on any atom is 0.226 e. The van der Waals surface area contributed by atoms with Crippen LogP contribution in [0.5, 0.6) is 0 Å². The minimum absolute atomic E-state index is 0.00943. The highest BCUT2D eigenvalue weighted by Crippen LogP contribution is 2.42. The molecular formula is C30H37N5OS. The average Bonchev–Trinajstić information content (AvgIpc) is 3.39. The van der Waals surface area contributed by atoms with Crippen molar-refractivity contribution < 1.29 is 4.79 Å². The summed E-state index contributed by atoms with van der Waals surface area (Å²) < 4.78 is 2.55. The molecule has 0 spiro atoms. The van der Waals surface area contributed by atoms with Crippen LogP contribution in [0.3, 0.4) is 0 Å². The van der Waals surface area contributed by atoms with Crippen LogP contribution < -0.4 is 10.6 Å². The Morgan fingerprint density at radius 2 is 1.84 bits per heavy atom. The fraction of sp³-hybridized carbons (Fsp3) is 0.433. The van der Waals surface area contributed by atoms with Crippen LogP contribution >= 0.6 is 12.2 Å². The summed E-state index contributed by atoms with van der Waals surface area (Å²) in [4.78, 5) is 19.8. The van der Waals surface area contributed by atoms with Crippen molar-refractivity contribution in [2.75, 3.05) is 11.9 Å². The Balaban J connectivity index is 1.43. The Labute approximate surface area is 225 Å². The summed E-state index contributed by atoms with van der Waals surface area (Å²) >= 11 is 5.85. The minimum atomic E-state index is -0.0755. The van der Waals surface area contributed by atoms with Gasteiger partial charge < -0.3 is 20.1 Å². The molecule has 5 rings (SSSR count). The number of aromatic nitrogens is 2. The molecule has 6 nitrogen and oxygen atoms in total. The van der Waals surface area contributed by atoms with Crippen LogP contribution in [-0.2, 0) is 4.79 Å². The summed E-state index contributed by atoms with van der Waals surface area (Å²) in [5.74, 6) is -0.00943. The first kappa shape index (κ1) is 25.5. The maximum atomic E-state index is 12.9. The third kappa shape index (κ3) is 5.28. The van der Waals surface area contributed by atoms with Crippen LogP contribution in [0.2, 0.25) is 0 Å². The molecule has 0 bridgehead atoms. The smallest absolute Gasteiger partial charge is 0.226 e. The number of hydrogen-bond acceptors (Lipinski definition) is 3. The summed E-state index contributed by atoms with van der Waals surface area (Å²) in [6, 6.07) is 16.7. The molecule has 2 atom stereocenters. The Bertz CT molecular complexity index is 1260. The van der Waals surface area contributed by atoms with Gasteiger partial charge in [0.2, 0.25) is 5.91 Å². The van der Waals surface area contributed by atoms with Gasteiger partial charge in [-0.2, -0.15) is 0 Å². The number of carbonyl (C=O) groups excluding carboxylic acids is 1. The highest BCUT2D eigenvalue weighted by atomic mass is 32.1. The first-order valence-electron chi connectivity index (χ1n) is 13.5. The van der Waals surface area contributed by atoms with E-state index in [1.165, 1.54) is 49.1 Å². The van der Waals surface area contributed by atoms with E-state index in [4.69, 9.17) is 12.2 Å². The second-order valence-corrected chi connectivity index (χ2v) is 10.8. The van der Waals surface area contributed by atoms with Crippen molar-refractivity contribution in [2.24, 2.45) is 0 Å². The van der Waals surface area contributed by atoms with E-state index >= 15 is 0 Å². The van der Waals surface area contributed by atoms with E-state index in [0.717, 1.165) is 16.9 Å². The number of anilines is 1. The molecule has 7 heteroatoms. The van der Waals surface area contributed by atoms with Crippen LogP contribution in [-0.4, -0.2) is 32.0 Å². The lowest BCUT2D eigenvalue weighted by Crippen LogP contribution is -2.33. The van der Waals surface area contributed by atoms with Gasteiger partial charge in [-0.1, -0.05) is 43.5 Å². The predicted octanol–water partition coefficient (Wildman–Crippen LogP) is 6.31. The molecule has 194 valence electrons. The lowest BCUT2D eigenvalue weighted by atomic mass is 9.94. The summed E-state index contributed by atoms with van der Waals surface area (Å²) in [5, 5.41) is 7.28. The standard InChI is InChI=1S/C30H37N5OS/c1-20-11-7-8-14-25(20)32-27(36)16-18-34-29(28(33-30(34)37)26-15-9-10-17-31-26)24-19-21(2)35(22(24)3)23-12-5-4-6-13-23/h7-11,14-15,17,19,23,28-29H,4-6,12-13,16,18H2,1-3H3,(H,32,36)(H,33,37)/t28-,29+/m0/s1. The van der Waals surface area contributed by atoms with Crippen LogP contribution in [0.4, 0.5) is 5.69 Å². The topological polar surface area (TPSA) is 62.2 Å². The van der Waals surface area contributed by atoms with Gasteiger partial charge in [0.05, 0.1) is 17.8 Å². The molecule has 1 aliphatic carbocycles. The largest absolute Gasteiger partial charge is 0.352 e. The summed E-state index contributed by atoms with van der Waals surface area (Å²) in [6.45, 7) is 7.01. The molecule has 1 saturated heterocycles. The number of thiocarbonyl (C=S) groups is 1. The van der Waals surface area contributed by atoms with Gasteiger partial charge in [0, 0.05) is 42.3 Å². The molecule has 0 unspecified atom stereocenters. The van der Waals surface area contributed by atoms with E-state index < -0.39 is 0 Å². The summed E-state index contributed by atoms with van der Waals surface area (Å²) in [7, 11) is 0. The molecule has 1 amide bonds. The number of para-hydroxylation sites is 1. The summed E-state index contributed by atoms with van der Waals surface area (Å²) in [6.07, 6.45) is 8.59. The first-order chi connectivity index (χ1) is 17.9. The quantitative estimate of drug-likeness (QED) is 0.361. The highest BCUT2D eigenvalue weighted by molar-refractivity contribution is 7.80. The number of nitrogens with zero attached hydrogens (tertiary/aromatic N) is 3. The van der Waals surface area contributed by atoms with Crippen molar-refractivity contribution in [3.05, 3.63) is 82.9 Å². The predicted molar refractivity (Wildman–Crippen MR) is 153 cm³/mol. The fourth-order valence-electron chi connectivity index (χ4n) is 6.14. The molecule has 0 radical (unpaired) electrons. The second kappa shape index (κ2) is 11.1. The molecular weight excluding hydrogens is 478 g/mol. The molecule has 1 aliphatic heterocycles. The molecule has 1 saturated carbocycles. The molecule has 2 aromatic heterocycles. The Kier molecular flexibility index (Phi) is 7.60. The van der Waals surface area contributed by atoms with E-state index in [1.54, 1.807) is 0 Å². The third-order valence-electron chi connectivity index (χ3n) is 7.98. The Morgan fingerprint density at radius 3 is 2.57 bits per heavy atom. The van der Waals surface area contributed by atoms with Crippen LogP contribution in [0, 0.1) is 20.8 Å². The normalized spacial score (nSPS) is 20.2. The molecule has 2 fully saturated rings. The second-order valence-electron chi connectivity index (χ2n) is 10.4. The molecule has 37 heavy (non-hydrogen) atoms. The SMILES string of the molecule is Cc1ccccc1NC(=O)CCN1C(=S)N[C@@H](c2ccccn2)[C@H]1c1cc(C)n(C2CCCCC2)c1C.